The van der Waals surface area contributed by atoms with Crippen LogP contribution < -0.4 is 0 Å². The summed E-state index contributed by atoms with van der Waals surface area (Å²) in [5, 5.41) is 16.4. The van der Waals surface area contributed by atoms with E-state index in [0.29, 0.717) is 0 Å². The first-order valence-electron chi connectivity index (χ1n) is 5.38. The van der Waals surface area contributed by atoms with Crippen LogP contribution in [-0.4, -0.2) is 22.2 Å². The lowest BCUT2D eigenvalue weighted by Gasteiger charge is -1.91. The lowest BCUT2D eigenvalue weighted by Crippen LogP contribution is -1.94. The van der Waals surface area contributed by atoms with E-state index >= 15 is 0 Å². The number of carboxylic acids is 2. The SMILES string of the molecule is C=C(C)C(=O)O.C=C(C=Cc1ccccc1)C(=O)O. The van der Waals surface area contributed by atoms with Crippen LogP contribution in [0.2, 0.25) is 0 Å². The summed E-state index contributed by atoms with van der Waals surface area (Å²) in [5.74, 6) is -1.93. The third kappa shape index (κ3) is 8.15. The van der Waals surface area contributed by atoms with E-state index in [2.05, 4.69) is 13.2 Å². The summed E-state index contributed by atoms with van der Waals surface area (Å²) in [6.07, 6.45) is 3.20. The molecule has 0 bridgehead atoms. The molecule has 0 aliphatic rings. The van der Waals surface area contributed by atoms with Gasteiger partial charge in [-0.25, -0.2) is 9.59 Å². The smallest absolute Gasteiger partial charge is 0.335 e. The Morgan fingerprint density at radius 3 is 1.89 bits per heavy atom. The predicted molar refractivity (Wildman–Crippen MR) is 74.7 cm³/mol. The Kier molecular flexibility index (Phi) is 7.30. The molecule has 1 rings (SSSR count). The molecule has 1 aromatic rings. The quantitative estimate of drug-likeness (QED) is 0.644. The highest BCUT2D eigenvalue weighted by atomic mass is 16.4. The first kappa shape index (κ1) is 16.4. The van der Waals surface area contributed by atoms with Crippen molar-refractivity contribution >= 4 is 18.0 Å². The average Bonchev–Trinajstić information content (AvgIpc) is 2.37. The molecule has 0 saturated heterocycles. The molecule has 1 aromatic carbocycles. The van der Waals surface area contributed by atoms with E-state index in [1.165, 1.54) is 13.0 Å². The molecule has 19 heavy (non-hydrogen) atoms. The fourth-order valence-corrected chi connectivity index (χ4v) is 0.832. The Labute approximate surface area is 112 Å². The van der Waals surface area contributed by atoms with E-state index in [1.54, 1.807) is 6.08 Å². The molecule has 0 saturated carbocycles. The number of benzene rings is 1. The van der Waals surface area contributed by atoms with E-state index in [-0.39, 0.29) is 11.1 Å². The van der Waals surface area contributed by atoms with Gasteiger partial charge in [-0.3, -0.25) is 0 Å². The molecule has 0 aliphatic carbocycles. The Balaban J connectivity index is 0.000000459. The second kappa shape index (κ2) is 8.47. The van der Waals surface area contributed by atoms with Crippen LogP contribution in [0.25, 0.3) is 6.08 Å². The van der Waals surface area contributed by atoms with Gasteiger partial charge in [0.2, 0.25) is 0 Å². The highest BCUT2D eigenvalue weighted by molar-refractivity contribution is 5.90. The maximum absolute atomic E-state index is 10.4. The summed E-state index contributed by atoms with van der Waals surface area (Å²) in [6.45, 7) is 7.98. The van der Waals surface area contributed by atoms with Gasteiger partial charge in [-0.15, -0.1) is 0 Å². The van der Waals surface area contributed by atoms with Gasteiger partial charge in [0.25, 0.3) is 0 Å². The topological polar surface area (TPSA) is 74.6 Å². The van der Waals surface area contributed by atoms with Crippen molar-refractivity contribution in [2.45, 2.75) is 6.92 Å². The first-order valence-corrected chi connectivity index (χ1v) is 5.38. The molecule has 2 N–H and O–H groups in total. The zero-order valence-electron chi connectivity index (χ0n) is 10.7. The number of rotatable bonds is 4. The molecule has 0 aliphatic heterocycles. The highest BCUT2D eigenvalue weighted by Gasteiger charge is 1.96. The zero-order chi connectivity index (χ0) is 14.8. The van der Waals surface area contributed by atoms with Crippen molar-refractivity contribution in [3.05, 3.63) is 66.3 Å². The molecule has 100 valence electrons. The van der Waals surface area contributed by atoms with Crippen LogP contribution in [-0.2, 0) is 9.59 Å². The molecule has 0 radical (unpaired) electrons. The first-order chi connectivity index (χ1) is 8.84. The van der Waals surface area contributed by atoms with Gasteiger partial charge in [-0.2, -0.15) is 0 Å². The summed E-state index contributed by atoms with van der Waals surface area (Å²) in [7, 11) is 0. The molecule has 4 heteroatoms. The average molecular weight is 260 g/mol. The lowest BCUT2D eigenvalue weighted by atomic mass is 10.2. The molecule has 0 spiro atoms. The van der Waals surface area contributed by atoms with Gasteiger partial charge in [0.05, 0.1) is 5.57 Å². The lowest BCUT2D eigenvalue weighted by molar-refractivity contribution is -0.133. The van der Waals surface area contributed by atoms with Crippen molar-refractivity contribution < 1.29 is 19.8 Å². The summed E-state index contributed by atoms with van der Waals surface area (Å²) < 4.78 is 0. The molecular weight excluding hydrogens is 244 g/mol. The molecule has 0 fully saturated rings. The minimum absolute atomic E-state index is 0.0869. The monoisotopic (exact) mass is 260 g/mol. The van der Waals surface area contributed by atoms with Gasteiger partial charge in [0.1, 0.15) is 0 Å². The molecule has 0 atom stereocenters. The normalized spacial score (nSPS) is 9.32. The van der Waals surface area contributed by atoms with Crippen LogP contribution in [0.1, 0.15) is 12.5 Å². The zero-order valence-corrected chi connectivity index (χ0v) is 10.7. The van der Waals surface area contributed by atoms with Gasteiger partial charge < -0.3 is 10.2 Å². The molecular formula is C15H16O4. The number of aliphatic carboxylic acids is 2. The third-order valence-corrected chi connectivity index (χ3v) is 1.92. The van der Waals surface area contributed by atoms with Crippen LogP contribution in [0.4, 0.5) is 0 Å². The summed E-state index contributed by atoms with van der Waals surface area (Å²) in [6, 6.07) is 9.48. The van der Waals surface area contributed by atoms with E-state index in [4.69, 9.17) is 10.2 Å². The van der Waals surface area contributed by atoms with E-state index in [1.807, 2.05) is 30.3 Å². The Bertz CT molecular complexity index is 486. The summed E-state index contributed by atoms with van der Waals surface area (Å²) in [4.78, 5) is 20.0. The standard InChI is InChI=1S/C11H10O2.C4H6O2/c1-9(11(12)13)7-8-10-5-3-2-4-6-10;1-3(2)4(5)6/h2-8H,1H2,(H,12,13);1H2,2H3,(H,5,6). The third-order valence-electron chi connectivity index (χ3n) is 1.92. The predicted octanol–water partition coefficient (Wildman–Crippen LogP) is 2.99. The molecule has 0 aromatic heterocycles. The van der Waals surface area contributed by atoms with Crippen LogP contribution >= 0.6 is 0 Å². The van der Waals surface area contributed by atoms with Crippen molar-refractivity contribution in [3.63, 3.8) is 0 Å². The molecule has 4 nitrogen and oxygen atoms in total. The van der Waals surface area contributed by atoms with Crippen LogP contribution in [0.5, 0.6) is 0 Å². The molecule has 0 amide bonds. The molecule has 0 heterocycles. The van der Waals surface area contributed by atoms with Crippen molar-refractivity contribution in [3.8, 4) is 0 Å². The fraction of sp³-hybridized carbons (Fsp3) is 0.0667. The summed E-state index contributed by atoms with van der Waals surface area (Å²) >= 11 is 0. The fourth-order valence-electron chi connectivity index (χ4n) is 0.832. The van der Waals surface area contributed by atoms with Gasteiger partial charge in [0.15, 0.2) is 0 Å². The van der Waals surface area contributed by atoms with Crippen molar-refractivity contribution in [1.29, 1.82) is 0 Å². The van der Waals surface area contributed by atoms with Crippen LogP contribution in [0.15, 0.2) is 60.7 Å². The van der Waals surface area contributed by atoms with Crippen molar-refractivity contribution in [1.82, 2.24) is 0 Å². The Hall–Kier alpha value is -2.62. The summed E-state index contributed by atoms with van der Waals surface area (Å²) in [5.41, 5.74) is 1.23. The van der Waals surface area contributed by atoms with E-state index < -0.39 is 11.9 Å². The van der Waals surface area contributed by atoms with Crippen LogP contribution in [0.3, 0.4) is 0 Å². The Morgan fingerprint density at radius 1 is 1.05 bits per heavy atom. The Morgan fingerprint density at radius 2 is 1.53 bits per heavy atom. The maximum Gasteiger partial charge on any atom is 0.335 e. The number of carbonyl (C=O) groups is 2. The maximum atomic E-state index is 10.4. The van der Waals surface area contributed by atoms with Gasteiger partial charge in [-0.05, 0) is 18.6 Å². The highest BCUT2D eigenvalue weighted by Crippen LogP contribution is 2.03. The number of carboxylic acid groups (broad SMARTS) is 2. The van der Waals surface area contributed by atoms with Crippen LogP contribution in [0, 0.1) is 0 Å². The van der Waals surface area contributed by atoms with Crippen molar-refractivity contribution in [2.24, 2.45) is 0 Å². The molecule has 0 unspecified atom stereocenters. The minimum atomic E-state index is -0.993. The van der Waals surface area contributed by atoms with Gasteiger partial charge in [0, 0.05) is 5.57 Å². The van der Waals surface area contributed by atoms with E-state index in [9.17, 15) is 9.59 Å². The largest absolute Gasteiger partial charge is 0.478 e. The van der Waals surface area contributed by atoms with Gasteiger partial charge in [-0.1, -0.05) is 49.6 Å². The second-order valence-corrected chi connectivity index (χ2v) is 3.66. The van der Waals surface area contributed by atoms with Crippen molar-refractivity contribution in [2.75, 3.05) is 0 Å². The van der Waals surface area contributed by atoms with E-state index in [0.717, 1.165) is 5.56 Å². The van der Waals surface area contributed by atoms with Gasteiger partial charge >= 0.3 is 11.9 Å². The minimum Gasteiger partial charge on any atom is -0.478 e. The second-order valence-electron chi connectivity index (χ2n) is 3.66. The number of hydrogen-bond acceptors (Lipinski definition) is 2. The number of hydrogen-bond donors (Lipinski definition) is 2.